The summed E-state index contributed by atoms with van der Waals surface area (Å²) < 4.78 is 6.67. The molecule has 8 nitrogen and oxygen atoms in total. The number of halogens is 1. The van der Waals surface area contributed by atoms with Crippen LogP contribution in [0.5, 0.6) is 0 Å². The van der Waals surface area contributed by atoms with Crippen LogP contribution in [0.15, 0.2) is 51.1 Å². The molecule has 0 unspecified atom stereocenters. The average Bonchev–Trinajstić information content (AvgIpc) is 3.26. The van der Waals surface area contributed by atoms with E-state index in [1.54, 1.807) is 4.68 Å². The number of nitrogens with zero attached hydrogens (tertiary/aromatic N) is 5. The molecule has 134 valence electrons. The van der Waals surface area contributed by atoms with E-state index in [9.17, 15) is 10.1 Å². The van der Waals surface area contributed by atoms with E-state index in [0.717, 1.165) is 5.56 Å². The molecule has 0 saturated heterocycles. The second-order valence-corrected chi connectivity index (χ2v) is 6.47. The van der Waals surface area contributed by atoms with Gasteiger partial charge in [0, 0.05) is 17.2 Å². The second kappa shape index (κ2) is 8.15. The minimum absolute atomic E-state index is 0.273. The normalized spacial score (nSPS) is 11.3. The smallest absolute Gasteiger partial charge is 0.400 e. The highest BCUT2D eigenvalue weighted by Gasteiger charge is 2.13. The second-order valence-electron chi connectivity index (χ2n) is 5.12. The Hall–Kier alpha value is -2.65. The van der Waals surface area contributed by atoms with Gasteiger partial charge in [-0.05, 0) is 17.7 Å². The van der Waals surface area contributed by atoms with E-state index in [-0.39, 0.29) is 11.6 Å². The van der Waals surface area contributed by atoms with Gasteiger partial charge in [0.05, 0.1) is 12.3 Å². The third-order valence-corrected chi connectivity index (χ3v) is 4.74. The highest BCUT2D eigenvalue weighted by atomic mass is 35.5. The lowest BCUT2D eigenvalue weighted by atomic mass is 10.2. The molecular formula is C16H14ClN5O3S. The Morgan fingerprint density at radius 3 is 2.85 bits per heavy atom. The van der Waals surface area contributed by atoms with Crippen LogP contribution >= 0.6 is 23.4 Å². The van der Waals surface area contributed by atoms with Crippen molar-refractivity contribution in [3.63, 3.8) is 0 Å². The lowest BCUT2D eigenvalue weighted by Gasteiger charge is -2.04. The number of rotatable bonds is 7. The van der Waals surface area contributed by atoms with Gasteiger partial charge in [-0.15, -0.1) is 10.2 Å². The Kier molecular flexibility index (Phi) is 5.69. The lowest BCUT2D eigenvalue weighted by molar-refractivity contribution is -0.402. The van der Waals surface area contributed by atoms with Gasteiger partial charge in [-0.2, -0.15) is 9.78 Å². The van der Waals surface area contributed by atoms with Crippen molar-refractivity contribution >= 4 is 35.5 Å². The van der Waals surface area contributed by atoms with Gasteiger partial charge in [0.1, 0.15) is 4.92 Å². The van der Waals surface area contributed by atoms with Crippen LogP contribution in [0.25, 0.3) is 0 Å². The largest absolute Gasteiger partial charge is 0.433 e. The van der Waals surface area contributed by atoms with Crippen LogP contribution in [0.2, 0.25) is 5.02 Å². The van der Waals surface area contributed by atoms with Crippen molar-refractivity contribution in [2.24, 2.45) is 5.10 Å². The number of benzene rings is 1. The fourth-order valence-corrected chi connectivity index (χ4v) is 3.30. The van der Waals surface area contributed by atoms with Crippen molar-refractivity contribution in [2.75, 3.05) is 0 Å². The molecule has 0 aliphatic carbocycles. The van der Waals surface area contributed by atoms with Gasteiger partial charge in [-0.1, -0.05) is 48.5 Å². The van der Waals surface area contributed by atoms with Gasteiger partial charge < -0.3 is 4.42 Å². The van der Waals surface area contributed by atoms with Gasteiger partial charge in [-0.3, -0.25) is 10.1 Å². The summed E-state index contributed by atoms with van der Waals surface area (Å²) in [4.78, 5) is 10.1. The summed E-state index contributed by atoms with van der Waals surface area (Å²) in [5, 5.41) is 24.6. The quantitative estimate of drug-likeness (QED) is 0.259. The molecule has 0 aliphatic heterocycles. The van der Waals surface area contributed by atoms with Crippen molar-refractivity contribution in [3.8, 4) is 0 Å². The number of hydrogen-bond donors (Lipinski definition) is 0. The van der Waals surface area contributed by atoms with Gasteiger partial charge in [0.15, 0.2) is 11.6 Å². The summed E-state index contributed by atoms with van der Waals surface area (Å²) in [6.45, 7) is 1.94. The number of nitro groups is 1. The molecule has 2 aromatic heterocycles. The summed E-state index contributed by atoms with van der Waals surface area (Å²) in [6.07, 6.45) is 2.03. The van der Waals surface area contributed by atoms with Crippen LogP contribution in [0.1, 0.15) is 24.1 Å². The fourth-order valence-electron chi connectivity index (χ4n) is 2.10. The molecule has 1 aromatic carbocycles. The first-order chi connectivity index (χ1) is 12.6. The first-order valence-electron chi connectivity index (χ1n) is 7.67. The maximum Gasteiger partial charge on any atom is 0.433 e. The number of hydrogen-bond acceptors (Lipinski definition) is 7. The molecule has 3 rings (SSSR count). The minimum atomic E-state index is -0.599. The van der Waals surface area contributed by atoms with Crippen LogP contribution < -0.4 is 0 Å². The molecule has 3 aromatic rings. The van der Waals surface area contributed by atoms with Crippen LogP contribution in [0.4, 0.5) is 5.88 Å². The van der Waals surface area contributed by atoms with E-state index in [0.29, 0.717) is 28.2 Å². The lowest BCUT2D eigenvalue weighted by Crippen LogP contribution is -1.99. The molecular weight excluding hydrogens is 378 g/mol. The minimum Gasteiger partial charge on any atom is -0.400 e. The highest BCUT2D eigenvalue weighted by Crippen LogP contribution is 2.26. The maximum absolute atomic E-state index is 10.7. The third kappa shape index (κ3) is 4.12. The Labute approximate surface area is 158 Å². The topological polar surface area (TPSA) is 99.3 Å². The SMILES string of the molecule is CCc1nnc(SCc2ccccc2Cl)n1/N=C\c1ccc([N+](=O)[O-])o1. The zero-order chi connectivity index (χ0) is 18.5. The van der Waals surface area contributed by atoms with Crippen molar-refractivity contribution in [1.82, 2.24) is 14.9 Å². The average molecular weight is 392 g/mol. The third-order valence-electron chi connectivity index (χ3n) is 3.40. The molecule has 0 atom stereocenters. The predicted octanol–water partition coefficient (Wildman–Crippen LogP) is 4.17. The molecule has 0 bridgehead atoms. The number of thioether (sulfide) groups is 1. The molecule has 0 amide bonds. The van der Waals surface area contributed by atoms with Crippen molar-refractivity contribution in [3.05, 3.63) is 68.7 Å². The standard InChI is InChI=1S/C16H14ClN5O3S/c1-2-14-19-20-16(26-10-11-5-3-4-6-13(11)17)21(14)18-9-12-7-8-15(25-12)22(23)24/h3-9H,2,10H2,1H3/b18-9-. The van der Waals surface area contributed by atoms with Crippen molar-refractivity contribution < 1.29 is 9.34 Å². The van der Waals surface area contributed by atoms with Crippen molar-refractivity contribution in [2.45, 2.75) is 24.3 Å². The summed E-state index contributed by atoms with van der Waals surface area (Å²) >= 11 is 7.63. The van der Waals surface area contributed by atoms with Gasteiger partial charge >= 0.3 is 5.88 Å². The molecule has 0 radical (unpaired) electrons. The molecule has 0 saturated carbocycles. The number of aromatic nitrogens is 3. The zero-order valence-corrected chi connectivity index (χ0v) is 15.3. The zero-order valence-electron chi connectivity index (χ0n) is 13.7. The summed E-state index contributed by atoms with van der Waals surface area (Å²) in [7, 11) is 0. The molecule has 0 fully saturated rings. The van der Waals surface area contributed by atoms with Crippen LogP contribution in [-0.4, -0.2) is 26.0 Å². The monoisotopic (exact) mass is 391 g/mol. The Balaban J connectivity index is 1.79. The first kappa shape index (κ1) is 18.2. The van der Waals surface area contributed by atoms with Gasteiger partial charge in [0.2, 0.25) is 5.16 Å². The van der Waals surface area contributed by atoms with Crippen LogP contribution in [-0.2, 0) is 12.2 Å². The Bertz CT molecular complexity index is 953. The van der Waals surface area contributed by atoms with Gasteiger partial charge in [-0.25, -0.2) is 0 Å². The van der Waals surface area contributed by atoms with Crippen molar-refractivity contribution in [1.29, 1.82) is 0 Å². The highest BCUT2D eigenvalue weighted by molar-refractivity contribution is 7.98. The fraction of sp³-hybridized carbons (Fsp3) is 0.188. The van der Waals surface area contributed by atoms with E-state index < -0.39 is 4.92 Å². The van der Waals surface area contributed by atoms with Crippen LogP contribution in [0, 0.1) is 10.1 Å². The Morgan fingerprint density at radius 1 is 1.35 bits per heavy atom. The molecule has 10 heteroatoms. The summed E-state index contributed by atoms with van der Waals surface area (Å²) in [6, 6.07) is 10.3. The Morgan fingerprint density at radius 2 is 2.15 bits per heavy atom. The van der Waals surface area contributed by atoms with E-state index in [4.69, 9.17) is 16.0 Å². The van der Waals surface area contributed by atoms with E-state index in [2.05, 4.69) is 15.3 Å². The van der Waals surface area contributed by atoms with E-state index in [1.807, 2.05) is 31.2 Å². The molecule has 0 N–H and O–H groups in total. The summed E-state index contributed by atoms with van der Waals surface area (Å²) in [5.74, 6) is 1.22. The molecule has 0 spiro atoms. The maximum atomic E-state index is 10.7. The number of aryl methyl sites for hydroxylation is 1. The molecule has 2 heterocycles. The number of furan rings is 1. The molecule has 0 aliphatic rings. The van der Waals surface area contributed by atoms with Crippen LogP contribution in [0.3, 0.4) is 0 Å². The molecule has 26 heavy (non-hydrogen) atoms. The predicted molar refractivity (Wildman–Crippen MR) is 98.8 cm³/mol. The first-order valence-corrected chi connectivity index (χ1v) is 9.04. The van der Waals surface area contributed by atoms with Gasteiger partial charge in [0.25, 0.3) is 0 Å². The van der Waals surface area contributed by atoms with E-state index in [1.165, 1.54) is 30.1 Å². The summed E-state index contributed by atoms with van der Waals surface area (Å²) in [5.41, 5.74) is 0.984. The van der Waals surface area contributed by atoms with E-state index >= 15 is 0 Å².